The quantitative estimate of drug-likeness (QED) is 0.644. The summed E-state index contributed by atoms with van der Waals surface area (Å²) in [5.74, 6) is 1.05. The normalized spacial score (nSPS) is 12.0. The van der Waals surface area contributed by atoms with E-state index < -0.39 is 0 Å². The van der Waals surface area contributed by atoms with Crippen LogP contribution >= 0.6 is 22.6 Å². The molecule has 0 N–H and O–H groups in total. The van der Waals surface area contributed by atoms with Gasteiger partial charge in [-0.1, -0.05) is 20.8 Å². The van der Waals surface area contributed by atoms with Crippen molar-refractivity contribution < 1.29 is 4.42 Å². The molecule has 0 spiro atoms. The first kappa shape index (κ1) is 8.11. The average Bonchev–Trinajstić information content (AvgIpc) is 2.11. The number of rotatable bonds is 0. The van der Waals surface area contributed by atoms with Crippen LogP contribution in [0.2, 0.25) is 0 Å². The molecule has 1 nitrogen and oxygen atoms in total. The third-order valence-corrected chi connectivity index (χ3v) is 1.89. The summed E-state index contributed by atoms with van der Waals surface area (Å²) in [5, 5.41) is 0. The van der Waals surface area contributed by atoms with Gasteiger partial charge in [-0.05, 0) is 34.7 Å². The highest BCUT2D eigenvalue weighted by molar-refractivity contribution is 14.1. The SMILES string of the molecule is CC(C)(C)c1ccc(I)o1. The molecule has 0 atom stereocenters. The molecule has 1 rings (SSSR count). The van der Waals surface area contributed by atoms with Gasteiger partial charge in [0.15, 0.2) is 3.77 Å². The monoisotopic (exact) mass is 250 g/mol. The van der Waals surface area contributed by atoms with E-state index in [9.17, 15) is 0 Å². The molecule has 0 unspecified atom stereocenters. The Morgan fingerprint density at radius 2 is 1.90 bits per heavy atom. The van der Waals surface area contributed by atoms with Crippen molar-refractivity contribution >= 4 is 22.6 Å². The van der Waals surface area contributed by atoms with E-state index >= 15 is 0 Å². The maximum absolute atomic E-state index is 5.43. The zero-order chi connectivity index (χ0) is 7.78. The van der Waals surface area contributed by atoms with Crippen LogP contribution < -0.4 is 0 Å². The van der Waals surface area contributed by atoms with Crippen LogP contribution in [0.5, 0.6) is 0 Å². The van der Waals surface area contributed by atoms with Gasteiger partial charge in [-0.3, -0.25) is 0 Å². The lowest BCUT2D eigenvalue weighted by Gasteiger charge is -2.13. The summed E-state index contributed by atoms with van der Waals surface area (Å²) >= 11 is 2.17. The van der Waals surface area contributed by atoms with Gasteiger partial charge < -0.3 is 4.42 Å². The lowest BCUT2D eigenvalue weighted by Crippen LogP contribution is -2.08. The van der Waals surface area contributed by atoms with Crippen molar-refractivity contribution in [1.82, 2.24) is 0 Å². The average molecular weight is 250 g/mol. The van der Waals surface area contributed by atoms with E-state index in [4.69, 9.17) is 4.42 Å². The summed E-state index contributed by atoms with van der Waals surface area (Å²) in [6, 6.07) is 4.02. The van der Waals surface area contributed by atoms with E-state index in [0.717, 1.165) is 9.53 Å². The first-order valence-electron chi connectivity index (χ1n) is 3.26. The van der Waals surface area contributed by atoms with E-state index in [-0.39, 0.29) is 5.41 Å². The van der Waals surface area contributed by atoms with Gasteiger partial charge in [-0.2, -0.15) is 0 Å². The fraction of sp³-hybridized carbons (Fsp3) is 0.500. The van der Waals surface area contributed by atoms with Gasteiger partial charge in [0.2, 0.25) is 0 Å². The molecule has 1 aromatic heterocycles. The summed E-state index contributed by atoms with van der Waals surface area (Å²) < 4.78 is 6.40. The highest BCUT2D eigenvalue weighted by atomic mass is 127. The summed E-state index contributed by atoms with van der Waals surface area (Å²) in [7, 11) is 0. The fourth-order valence-electron chi connectivity index (χ4n) is 0.717. The van der Waals surface area contributed by atoms with Crippen LogP contribution in [0.1, 0.15) is 26.5 Å². The van der Waals surface area contributed by atoms with Crippen molar-refractivity contribution in [1.29, 1.82) is 0 Å². The lowest BCUT2D eigenvalue weighted by molar-refractivity contribution is 0.396. The van der Waals surface area contributed by atoms with Gasteiger partial charge in [0.1, 0.15) is 5.76 Å². The Kier molecular flexibility index (Phi) is 2.08. The molecule has 0 fully saturated rings. The van der Waals surface area contributed by atoms with Crippen LogP contribution in [0.15, 0.2) is 16.5 Å². The molecule has 0 aliphatic heterocycles. The molecule has 2 heteroatoms. The Morgan fingerprint density at radius 3 is 2.10 bits per heavy atom. The summed E-state index contributed by atoms with van der Waals surface area (Å²) in [6.07, 6.45) is 0. The Labute approximate surface area is 74.9 Å². The molecule has 0 amide bonds. The standard InChI is InChI=1S/C8H11IO/c1-8(2,3)6-4-5-7(9)10-6/h4-5H,1-3H3. The van der Waals surface area contributed by atoms with Crippen LogP contribution in [0, 0.1) is 3.77 Å². The number of hydrogen-bond acceptors (Lipinski definition) is 1. The molecular weight excluding hydrogens is 239 g/mol. The van der Waals surface area contributed by atoms with Crippen molar-refractivity contribution in [3.8, 4) is 0 Å². The van der Waals surface area contributed by atoms with Gasteiger partial charge in [0, 0.05) is 5.41 Å². The minimum Gasteiger partial charge on any atom is -0.455 e. The second-order valence-corrected chi connectivity index (χ2v) is 4.42. The molecular formula is C8H11IO. The van der Waals surface area contributed by atoms with Gasteiger partial charge >= 0.3 is 0 Å². The first-order valence-corrected chi connectivity index (χ1v) is 4.34. The van der Waals surface area contributed by atoms with Crippen molar-refractivity contribution in [2.45, 2.75) is 26.2 Å². The second-order valence-electron chi connectivity index (χ2n) is 3.35. The van der Waals surface area contributed by atoms with Crippen molar-refractivity contribution in [3.05, 3.63) is 21.7 Å². The third-order valence-electron chi connectivity index (χ3n) is 1.31. The van der Waals surface area contributed by atoms with Crippen LogP contribution in [-0.2, 0) is 5.41 Å². The highest BCUT2D eigenvalue weighted by Gasteiger charge is 2.16. The molecule has 0 radical (unpaired) electrons. The summed E-state index contributed by atoms with van der Waals surface area (Å²) in [4.78, 5) is 0. The molecule has 0 saturated carbocycles. The molecule has 1 aromatic rings. The first-order chi connectivity index (χ1) is 4.50. The van der Waals surface area contributed by atoms with Gasteiger partial charge in [0.25, 0.3) is 0 Å². The lowest BCUT2D eigenvalue weighted by atomic mass is 9.94. The molecule has 56 valence electrons. The predicted molar refractivity (Wildman–Crippen MR) is 50.1 cm³/mol. The Morgan fingerprint density at radius 1 is 1.30 bits per heavy atom. The number of furan rings is 1. The number of hydrogen-bond donors (Lipinski definition) is 0. The van der Waals surface area contributed by atoms with Crippen LogP contribution in [0.4, 0.5) is 0 Å². The zero-order valence-electron chi connectivity index (χ0n) is 6.44. The second kappa shape index (κ2) is 2.57. The molecule has 0 saturated heterocycles. The Balaban J connectivity index is 2.96. The Hall–Kier alpha value is 0.01000. The minimum absolute atomic E-state index is 0.142. The molecule has 0 aliphatic rings. The third kappa shape index (κ3) is 1.75. The van der Waals surface area contributed by atoms with Crippen molar-refractivity contribution in [3.63, 3.8) is 0 Å². The minimum atomic E-state index is 0.142. The topological polar surface area (TPSA) is 13.1 Å². The summed E-state index contributed by atoms with van der Waals surface area (Å²) in [5.41, 5.74) is 0.142. The molecule has 10 heavy (non-hydrogen) atoms. The highest BCUT2D eigenvalue weighted by Crippen LogP contribution is 2.24. The van der Waals surface area contributed by atoms with E-state index in [1.807, 2.05) is 12.1 Å². The van der Waals surface area contributed by atoms with Gasteiger partial charge in [-0.15, -0.1) is 0 Å². The van der Waals surface area contributed by atoms with Crippen molar-refractivity contribution in [2.75, 3.05) is 0 Å². The van der Waals surface area contributed by atoms with E-state index in [1.54, 1.807) is 0 Å². The molecule has 0 aliphatic carbocycles. The molecule has 0 aromatic carbocycles. The largest absolute Gasteiger partial charge is 0.455 e. The van der Waals surface area contributed by atoms with Crippen LogP contribution in [0.25, 0.3) is 0 Å². The van der Waals surface area contributed by atoms with Crippen LogP contribution in [0.3, 0.4) is 0 Å². The predicted octanol–water partition coefficient (Wildman–Crippen LogP) is 3.18. The Bertz CT molecular complexity index is 219. The van der Waals surface area contributed by atoms with E-state index in [0.29, 0.717) is 0 Å². The maximum Gasteiger partial charge on any atom is 0.163 e. The van der Waals surface area contributed by atoms with Gasteiger partial charge in [-0.25, -0.2) is 0 Å². The molecule has 0 bridgehead atoms. The zero-order valence-corrected chi connectivity index (χ0v) is 8.60. The number of halogens is 1. The van der Waals surface area contributed by atoms with Gasteiger partial charge in [0.05, 0.1) is 0 Å². The van der Waals surface area contributed by atoms with E-state index in [2.05, 4.69) is 43.4 Å². The molecule has 1 heterocycles. The van der Waals surface area contributed by atoms with Crippen molar-refractivity contribution in [2.24, 2.45) is 0 Å². The van der Waals surface area contributed by atoms with Crippen LogP contribution in [-0.4, -0.2) is 0 Å². The smallest absolute Gasteiger partial charge is 0.163 e. The van der Waals surface area contributed by atoms with E-state index in [1.165, 1.54) is 0 Å². The summed E-state index contributed by atoms with van der Waals surface area (Å²) in [6.45, 7) is 6.42. The fourth-order valence-corrected chi connectivity index (χ4v) is 1.13. The maximum atomic E-state index is 5.43.